The molecular formula is C6H16BFKP. The summed E-state index contributed by atoms with van der Waals surface area (Å²) in [7, 11) is 6.33. The standard InChI is InChI=1S/C3H6.C3H8.BH2P.FH.K/c1-2-3-1;1-3-2;1-2;;/h1-3H2;3H2,1-2H3;2H2;1H;/q;;;;+1/p-1. The smallest absolute Gasteiger partial charge is 1.00 e. The van der Waals surface area contributed by atoms with Gasteiger partial charge in [0.2, 0.25) is 0 Å². The van der Waals surface area contributed by atoms with Crippen molar-refractivity contribution >= 4 is 16.7 Å². The van der Waals surface area contributed by atoms with Crippen molar-refractivity contribution in [1.82, 2.24) is 0 Å². The normalized spacial score (nSPS) is 9.50. The summed E-state index contributed by atoms with van der Waals surface area (Å²) in [4.78, 5) is 0. The average molecular weight is 188 g/mol. The van der Waals surface area contributed by atoms with E-state index >= 15 is 0 Å². The average Bonchev–Trinajstić information content (AvgIpc) is 2.54. The summed E-state index contributed by atoms with van der Waals surface area (Å²) in [6, 6.07) is 0. The van der Waals surface area contributed by atoms with Crippen molar-refractivity contribution in [2.45, 2.75) is 39.5 Å². The molecule has 0 aromatic heterocycles. The molecule has 0 saturated heterocycles. The van der Waals surface area contributed by atoms with Gasteiger partial charge in [0.25, 0.3) is 0 Å². The maximum atomic E-state index is 4.42. The second kappa shape index (κ2) is 30.5. The Morgan fingerprint density at radius 1 is 1.10 bits per heavy atom. The maximum Gasteiger partial charge on any atom is 1.00 e. The summed E-state index contributed by atoms with van der Waals surface area (Å²) >= 11 is 0. The van der Waals surface area contributed by atoms with E-state index in [0.717, 1.165) is 0 Å². The van der Waals surface area contributed by atoms with Crippen LogP contribution in [0.15, 0.2) is 0 Å². The van der Waals surface area contributed by atoms with E-state index in [-0.39, 0.29) is 56.1 Å². The molecule has 1 rings (SSSR count). The summed E-state index contributed by atoms with van der Waals surface area (Å²) in [5.74, 6) is 0. The predicted octanol–water partition coefficient (Wildman–Crippen LogP) is -3.46. The van der Waals surface area contributed by atoms with Crippen molar-refractivity contribution in [2.24, 2.45) is 0 Å². The third kappa shape index (κ3) is 88.2. The van der Waals surface area contributed by atoms with E-state index in [0.29, 0.717) is 0 Å². The molecule has 0 bridgehead atoms. The van der Waals surface area contributed by atoms with Crippen molar-refractivity contribution in [3.63, 3.8) is 0 Å². The van der Waals surface area contributed by atoms with E-state index in [1.54, 1.807) is 0 Å². The monoisotopic (exact) mass is 188 g/mol. The van der Waals surface area contributed by atoms with Crippen molar-refractivity contribution < 1.29 is 56.1 Å². The van der Waals surface area contributed by atoms with Crippen LogP contribution in [0.1, 0.15) is 39.5 Å². The molecule has 0 amide bonds. The van der Waals surface area contributed by atoms with Gasteiger partial charge in [-0.1, -0.05) is 39.5 Å². The van der Waals surface area contributed by atoms with E-state index in [1.165, 1.54) is 25.7 Å². The second-order valence-corrected chi connectivity index (χ2v) is 1.77. The van der Waals surface area contributed by atoms with Gasteiger partial charge in [-0.25, -0.2) is 0 Å². The van der Waals surface area contributed by atoms with Crippen molar-refractivity contribution in [3.05, 3.63) is 0 Å². The number of rotatable bonds is 0. The number of hydrogen-bond donors (Lipinski definition) is 0. The van der Waals surface area contributed by atoms with Gasteiger partial charge in [0.1, 0.15) is 0 Å². The Hall–Kier alpha value is 2.06. The molecule has 1 unspecified atom stereocenters. The molecule has 0 spiro atoms. The van der Waals surface area contributed by atoms with Crippen LogP contribution >= 0.6 is 9.12 Å². The zero-order valence-corrected chi connectivity index (χ0v) is 11.6. The minimum atomic E-state index is 0. The number of hydrogen-bond acceptors (Lipinski definition) is 0. The molecule has 10 heavy (non-hydrogen) atoms. The minimum absolute atomic E-state index is 0. The van der Waals surface area contributed by atoms with Gasteiger partial charge in [0, 0.05) is 0 Å². The summed E-state index contributed by atoms with van der Waals surface area (Å²) < 4.78 is 0. The van der Waals surface area contributed by atoms with Crippen LogP contribution in [0.3, 0.4) is 0 Å². The quantitative estimate of drug-likeness (QED) is 0.274. The summed E-state index contributed by atoms with van der Waals surface area (Å²) in [5, 5.41) is 0. The van der Waals surface area contributed by atoms with Crippen molar-refractivity contribution in [1.29, 1.82) is 0 Å². The Bertz CT molecular complexity index is 29.0. The molecule has 1 fully saturated rings. The second-order valence-electron chi connectivity index (χ2n) is 1.77. The Morgan fingerprint density at radius 3 is 1.20 bits per heavy atom. The Labute approximate surface area is 111 Å². The van der Waals surface area contributed by atoms with Crippen LogP contribution in [0.25, 0.3) is 0 Å². The summed E-state index contributed by atoms with van der Waals surface area (Å²) in [6.45, 7) is 4.25. The topological polar surface area (TPSA) is 0 Å². The van der Waals surface area contributed by atoms with Crippen LogP contribution in [0.5, 0.6) is 0 Å². The van der Waals surface area contributed by atoms with Crippen LogP contribution in [0.4, 0.5) is 0 Å². The van der Waals surface area contributed by atoms with Gasteiger partial charge in [-0.3, -0.25) is 0 Å². The molecule has 1 atom stereocenters. The first-order chi connectivity index (χ1) is 3.91. The maximum absolute atomic E-state index is 4.42. The fourth-order valence-corrected chi connectivity index (χ4v) is 0. The molecule has 0 heterocycles. The van der Waals surface area contributed by atoms with Gasteiger partial charge in [0.05, 0.1) is 7.57 Å². The third-order valence-corrected chi connectivity index (χ3v) is 0.354. The van der Waals surface area contributed by atoms with Crippen LogP contribution in [0, 0.1) is 0 Å². The molecule has 0 aromatic rings. The van der Waals surface area contributed by atoms with Crippen LogP contribution in [-0.2, 0) is 0 Å². The van der Waals surface area contributed by atoms with E-state index in [2.05, 4.69) is 21.4 Å². The van der Waals surface area contributed by atoms with Crippen molar-refractivity contribution in [2.75, 3.05) is 0 Å². The molecule has 0 N–H and O–H groups in total. The largest absolute Gasteiger partial charge is 1.00 e. The van der Waals surface area contributed by atoms with Crippen LogP contribution in [0.2, 0.25) is 0 Å². The van der Waals surface area contributed by atoms with E-state index in [4.69, 9.17) is 0 Å². The van der Waals surface area contributed by atoms with E-state index in [1.807, 2.05) is 9.12 Å². The molecule has 0 nitrogen and oxygen atoms in total. The van der Waals surface area contributed by atoms with Crippen LogP contribution in [-0.4, -0.2) is 7.57 Å². The van der Waals surface area contributed by atoms with Gasteiger partial charge in [-0.15, -0.1) is 0 Å². The summed E-state index contributed by atoms with van der Waals surface area (Å²) in [5.41, 5.74) is 0. The van der Waals surface area contributed by atoms with Gasteiger partial charge in [-0.2, -0.15) is 9.12 Å². The minimum Gasteiger partial charge on any atom is -1.00 e. The molecule has 0 aliphatic heterocycles. The zero-order chi connectivity index (χ0) is 6.83. The molecule has 4 heteroatoms. The molecule has 2 radical (unpaired) electrons. The van der Waals surface area contributed by atoms with E-state index in [9.17, 15) is 0 Å². The molecular weight excluding hydrogens is 172 g/mol. The van der Waals surface area contributed by atoms with Crippen LogP contribution < -0.4 is 56.1 Å². The fraction of sp³-hybridized carbons (Fsp3) is 1.00. The molecule has 1 saturated carbocycles. The SMILES string of the molecule is C1CC1.CCC.[B]P.[F-].[K+]. The third-order valence-electron chi connectivity index (χ3n) is 0.354. The first kappa shape index (κ1) is 22.7. The summed E-state index contributed by atoms with van der Waals surface area (Å²) in [6.07, 6.45) is 5.75. The van der Waals surface area contributed by atoms with Gasteiger partial charge < -0.3 is 4.70 Å². The Balaban J connectivity index is -0.0000000252. The molecule has 1 aliphatic rings. The van der Waals surface area contributed by atoms with Gasteiger partial charge in [0.15, 0.2) is 0 Å². The predicted molar refractivity (Wildman–Crippen MR) is 45.3 cm³/mol. The van der Waals surface area contributed by atoms with Gasteiger partial charge in [-0.05, 0) is 0 Å². The fourth-order valence-electron chi connectivity index (χ4n) is 0. The zero-order valence-electron chi connectivity index (χ0n) is 7.36. The first-order valence-electron chi connectivity index (χ1n) is 3.25. The molecule has 1 aliphatic carbocycles. The number of halogens is 1. The van der Waals surface area contributed by atoms with Crippen molar-refractivity contribution in [3.8, 4) is 0 Å². The Kier molecular flexibility index (Phi) is 69.2. The van der Waals surface area contributed by atoms with E-state index < -0.39 is 0 Å². The first-order valence-corrected chi connectivity index (χ1v) is 3.91. The Morgan fingerprint density at radius 2 is 1.20 bits per heavy atom. The molecule has 0 aromatic carbocycles. The van der Waals surface area contributed by atoms with Gasteiger partial charge >= 0.3 is 51.4 Å². The molecule has 56 valence electrons.